The van der Waals surface area contributed by atoms with Gasteiger partial charge in [0.15, 0.2) is 5.60 Å². The second-order valence-corrected chi connectivity index (χ2v) is 4.53. The Kier molecular flexibility index (Phi) is 2.31. The minimum absolute atomic E-state index is 0.323. The monoisotopic (exact) mass is 220 g/mol. The highest BCUT2D eigenvalue weighted by Gasteiger charge is 2.70. The van der Waals surface area contributed by atoms with E-state index < -0.39 is 11.2 Å². The molecule has 3 nitrogen and oxygen atoms in total. The van der Waals surface area contributed by atoms with Gasteiger partial charge in [-0.1, -0.05) is 29.8 Å². The molecule has 1 aliphatic rings. The van der Waals surface area contributed by atoms with Crippen molar-refractivity contribution in [2.45, 2.75) is 32.0 Å². The molecule has 1 fully saturated rings. The third kappa shape index (κ3) is 1.35. The molecule has 16 heavy (non-hydrogen) atoms. The first-order valence-corrected chi connectivity index (χ1v) is 5.30. The van der Waals surface area contributed by atoms with Crippen LogP contribution in [-0.4, -0.2) is 18.7 Å². The lowest BCUT2D eigenvalue weighted by atomic mass is 9.88. The fourth-order valence-corrected chi connectivity index (χ4v) is 2.09. The first-order chi connectivity index (χ1) is 7.44. The zero-order valence-corrected chi connectivity index (χ0v) is 10.0. The molecule has 1 aromatic rings. The largest absolute Gasteiger partial charge is 0.467 e. The Hall–Kier alpha value is -1.35. The van der Waals surface area contributed by atoms with Gasteiger partial charge in [-0.15, -0.1) is 0 Å². The topological polar surface area (TPSA) is 38.8 Å². The molecule has 0 aliphatic carbocycles. The van der Waals surface area contributed by atoms with Crippen LogP contribution < -0.4 is 0 Å². The van der Waals surface area contributed by atoms with Crippen molar-refractivity contribution >= 4 is 5.97 Å². The number of carbonyl (C=O) groups excluding carboxylic acids is 1. The van der Waals surface area contributed by atoms with Crippen LogP contribution in [0.15, 0.2) is 24.3 Å². The molecule has 1 aliphatic heterocycles. The highest BCUT2D eigenvalue weighted by molar-refractivity contribution is 5.84. The van der Waals surface area contributed by atoms with E-state index in [-0.39, 0.29) is 5.97 Å². The van der Waals surface area contributed by atoms with Gasteiger partial charge >= 0.3 is 5.97 Å². The van der Waals surface area contributed by atoms with Crippen LogP contribution in [0.4, 0.5) is 0 Å². The average molecular weight is 220 g/mol. The van der Waals surface area contributed by atoms with Crippen LogP contribution in [0.3, 0.4) is 0 Å². The number of ether oxygens (including phenoxy) is 2. The fraction of sp³-hybridized carbons (Fsp3) is 0.462. The van der Waals surface area contributed by atoms with Crippen LogP contribution >= 0.6 is 0 Å². The molecule has 0 N–H and O–H groups in total. The number of aryl methyl sites for hydroxylation is 1. The predicted octanol–water partition coefficient (Wildman–Crippen LogP) is 2.17. The molecule has 0 amide bonds. The first-order valence-electron chi connectivity index (χ1n) is 5.30. The third-order valence-electron chi connectivity index (χ3n) is 3.42. The number of epoxide rings is 1. The summed E-state index contributed by atoms with van der Waals surface area (Å²) in [7, 11) is 1.38. The van der Waals surface area contributed by atoms with Gasteiger partial charge in [-0.25, -0.2) is 4.79 Å². The third-order valence-corrected chi connectivity index (χ3v) is 3.42. The number of hydrogen-bond acceptors (Lipinski definition) is 3. The molecule has 1 aromatic carbocycles. The summed E-state index contributed by atoms with van der Waals surface area (Å²) in [6.07, 6.45) is 0. The quantitative estimate of drug-likeness (QED) is 0.566. The Labute approximate surface area is 95.4 Å². The van der Waals surface area contributed by atoms with Crippen LogP contribution in [0.5, 0.6) is 0 Å². The smallest absolute Gasteiger partial charge is 0.341 e. The first kappa shape index (κ1) is 11.1. The van der Waals surface area contributed by atoms with Gasteiger partial charge in [-0.2, -0.15) is 0 Å². The predicted molar refractivity (Wildman–Crippen MR) is 60.0 cm³/mol. The molecule has 86 valence electrons. The van der Waals surface area contributed by atoms with E-state index in [1.807, 2.05) is 38.1 Å². The summed E-state index contributed by atoms with van der Waals surface area (Å²) in [5.41, 5.74) is 0.753. The molecule has 0 saturated carbocycles. The molecule has 3 heteroatoms. The Balaban J connectivity index is 2.34. The summed E-state index contributed by atoms with van der Waals surface area (Å²) in [6, 6.07) is 8.00. The van der Waals surface area contributed by atoms with E-state index in [2.05, 4.69) is 0 Å². The molecule has 0 spiro atoms. The minimum Gasteiger partial charge on any atom is -0.467 e. The standard InChI is InChI=1S/C13H16O3/c1-9-6-5-7-10(8-9)12(2)13(3,16-12)11(14)15-4/h5-8H,1-4H3. The van der Waals surface area contributed by atoms with Crippen molar-refractivity contribution in [2.75, 3.05) is 7.11 Å². The molecule has 1 heterocycles. The van der Waals surface area contributed by atoms with Crippen LogP contribution in [0.25, 0.3) is 0 Å². The Morgan fingerprint density at radius 3 is 2.62 bits per heavy atom. The van der Waals surface area contributed by atoms with Crippen LogP contribution in [0, 0.1) is 6.92 Å². The lowest BCUT2D eigenvalue weighted by Crippen LogP contribution is -2.29. The summed E-state index contributed by atoms with van der Waals surface area (Å²) in [5.74, 6) is -0.323. The zero-order valence-electron chi connectivity index (χ0n) is 10.0. The molecular formula is C13H16O3. The zero-order chi connectivity index (χ0) is 12.0. The second kappa shape index (κ2) is 3.32. The van der Waals surface area contributed by atoms with E-state index >= 15 is 0 Å². The van der Waals surface area contributed by atoms with Gasteiger partial charge in [0.1, 0.15) is 5.60 Å². The molecule has 2 atom stereocenters. The Bertz CT molecular complexity index is 441. The van der Waals surface area contributed by atoms with Gasteiger partial charge in [0.25, 0.3) is 0 Å². The van der Waals surface area contributed by atoms with E-state index in [0.717, 1.165) is 11.1 Å². The van der Waals surface area contributed by atoms with Crippen molar-refractivity contribution < 1.29 is 14.3 Å². The van der Waals surface area contributed by atoms with Gasteiger partial charge in [0, 0.05) is 0 Å². The summed E-state index contributed by atoms with van der Waals surface area (Å²) < 4.78 is 10.4. The van der Waals surface area contributed by atoms with Gasteiger partial charge < -0.3 is 9.47 Å². The fourth-order valence-electron chi connectivity index (χ4n) is 2.09. The van der Waals surface area contributed by atoms with Gasteiger partial charge in [0.2, 0.25) is 0 Å². The maximum absolute atomic E-state index is 11.6. The Morgan fingerprint density at radius 1 is 1.38 bits per heavy atom. The maximum atomic E-state index is 11.6. The summed E-state index contributed by atoms with van der Waals surface area (Å²) in [4.78, 5) is 11.6. The number of rotatable bonds is 2. The van der Waals surface area contributed by atoms with Crippen LogP contribution in [0.2, 0.25) is 0 Å². The van der Waals surface area contributed by atoms with Gasteiger partial charge in [-0.3, -0.25) is 0 Å². The molecule has 1 saturated heterocycles. The summed E-state index contributed by atoms with van der Waals surface area (Å²) in [6.45, 7) is 5.70. The molecule has 0 aromatic heterocycles. The minimum atomic E-state index is -0.852. The highest BCUT2D eigenvalue weighted by atomic mass is 16.7. The number of esters is 1. The number of hydrogen-bond donors (Lipinski definition) is 0. The van der Waals surface area contributed by atoms with Crippen molar-refractivity contribution in [1.29, 1.82) is 0 Å². The van der Waals surface area contributed by atoms with Crippen molar-refractivity contribution in [3.63, 3.8) is 0 Å². The molecule has 2 rings (SSSR count). The lowest BCUT2D eigenvalue weighted by molar-refractivity contribution is -0.146. The maximum Gasteiger partial charge on any atom is 0.341 e. The normalized spacial score (nSPS) is 32.2. The van der Waals surface area contributed by atoms with Gasteiger partial charge in [0.05, 0.1) is 7.11 Å². The molecule has 0 radical (unpaired) electrons. The van der Waals surface area contributed by atoms with E-state index in [1.165, 1.54) is 7.11 Å². The van der Waals surface area contributed by atoms with Crippen molar-refractivity contribution in [2.24, 2.45) is 0 Å². The van der Waals surface area contributed by atoms with E-state index in [0.29, 0.717) is 0 Å². The number of benzene rings is 1. The number of carbonyl (C=O) groups is 1. The van der Waals surface area contributed by atoms with Crippen molar-refractivity contribution in [3.8, 4) is 0 Å². The number of methoxy groups -OCH3 is 1. The van der Waals surface area contributed by atoms with Crippen molar-refractivity contribution in [1.82, 2.24) is 0 Å². The van der Waals surface area contributed by atoms with E-state index in [9.17, 15) is 4.79 Å². The van der Waals surface area contributed by atoms with Crippen LogP contribution in [0.1, 0.15) is 25.0 Å². The average Bonchev–Trinajstić information content (AvgIpc) is 2.84. The molecule has 0 bridgehead atoms. The van der Waals surface area contributed by atoms with Gasteiger partial charge in [-0.05, 0) is 26.3 Å². The lowest BCUT2D eigenvalue weighted by Gasteiger charge is -2.11. The van der Waals surface area contributed by atoms with E-state index in [1.54, 1.807) is 6.92 Å². The van der Waals surface area contributed by atoms with E-state index in [4.69, 9.17) is 9.47 Å². The Morgan fingerprint density at radius 2 is 2.06 bits per heavy atom. The van der Waals surface area contributed by atoms with Crippen molar-refractivity contribution in [3.05, 3.63) is 35.4 Å². The second-order valence-electron chi connectivity index (χ2n) is 4.53. The molecular weight excluding hydrogens is 204 g/mol. The summed E-state index contributed by atoms with van der Waals surface area (Å²) in [5, 5.41) is 0. The highest BCUT2D eigenvalue weighted by Crippen LogP contribution is 2.55. The van der Waals surface area contributed by atoms with Crippen LogP contribution in [-0.2, 0) is 19.9 Å². The SMILES string of the molecule is COC(=O)C1(C)OC1(C)c1cccc(C)c1. The summed E-state index contributed by atoms with van der Waals surface area (Å²) >= 11 is 0. The molecule has 2 unspecified atom stereocenters.